The molecular formula is C27H38Cl2N3O2P. The van der Waals surface area contributed by atoms with Crippen LogP contribution in [0.2, 0.25) is 10.0 Å². The Morgan fingerprint density at radius 2 is 1.60 bits per heavy atom. The van der Waals surface area contributed by atoms with Gasteiger partial charge in [-0.2, -0.15) is 0 Å². The summed E-state index contributed by atoms with van der Waals surface area (Å²) in [4.78, 5) is 23.3. The number of Topliss-reactive ketones (excluding diaryl/α,β-unsaturated/α-hetero) is 1. The fourth-order valence-corrected chi connectivity index (χ4v) is 6.79. The summed E-state index contributed by atoms with van der Waals surface area (Å²) in [6.07, 6.45) is 3.83. The standard InChI is InChI=1S/C27H38Cl2N3O2P/c1-4-7-21(18-35(3)32-15-14-25(33)24(30)12-13-26(31)34)27(2,19-8-5-10-22(28)16-19)20-9-6-11-23(29)17-20/h5-6,8-11,16-17,21,24,32H,4,7,12-15,18,30H2,1-3H3,(H2,31,34)/t21?,24-,35?/m0/s1. The number of nitrogens with one attached hydrogen (secondary N) is 1. The second-order valence-electron chi connectivity index (χ2n) is 9.33. The van der Waals surface area contributed by atoms with E-state index in [2.05, 4.69) is 49.9 Å². The first-order chi connectivity index (χ1) is 16.6. The van der Waals surface area contributed by atoms with Gasteiger partial charge in [-0.1, -0.05) is 67.7 Å². The summed E-state index contributed by atoms with van der Waals surface area (Å²) in [5.41, 5.74) is 13.1. The number of amides is 1. The first-order valence-electron chi connectivity index (χ1n) is 12.1. The van der Waals surface area contributed by atoms with Crippen molar-refractivity contribution in [2.75, 3.05) is 19.4 Å². The Labute approximate surface area is 221 Å². The maximum Gasteiger partial charge on any atom is 0.217 e. The minimum Gasteiger partial charge on any atom is -0.370 e. The number of hydrogen-bond donors (Lipinski definition) is 3. The monoisotopic (exact) mass is 537 g/mol. The quantitative estimate of drug-likeness (QED) is 0.247. The molecule has 0 saturated carbocycles. The molecule has 0 bridgehead atoms. The van der Waals surface area contributed by atoms with Gasteiger partial charge in [-0.25, -0.2) is 0 Å². The van der Waals surface area contributed by atoms with Crippen molar-refractivity contribution in [1.82, 2.24) is 5.09 Å². The van der Waals surface area contributed by atoms with Crippen LogP contribution < -0.4 is 16.6 Å². The summed E-state index contributed by atoms with van der Waals surface area (Å²) in [6, 6.07) is 15.6. The summed E-state index contributed by atoms with van der Waals surface area (Å²) >= 11 is 12.8. The highest BCUT2D eigenvalue weighted by Crippen LogP contribution is 2.46. The van der Waals surface area contributed by atoms with Gasteiger partial charge in [-0.3, -0.25) is 14.7 Å². The topological polar surface area (TPSA) is 98.2 Å². The lowest BCUT2D eigenvalue weighted by Crippen LogP contribution is -2.37. The molecule has 3 atom stereocenters. The zero-order chi connectivity index (χ0) is 26.0. The smallest absolute Gasteiger partial charge is 0.217 e. The minimum atomic E-state index is -0.644. The van der Waals surface area contributed by atoms with Crippen LogP contribution in [0.25, 0.3) is 0 Å². The first-order valence-corrected chi connectivity index (χ1v) is 14.8. The predicted octanol–water partition coefficient (Wildman–Crippen LogP) is 5.88. The largest absolute Gasteiger partial charge is 0.370 e. The highest BCUT2D eigenvalue weighted by Gasteiger charge is 2.38. The molecule has 0 spiro atoms. The number of nitrogens with two attached hydrogens (primary N) is 2. The fraction of sp³-hybridized carbons (Fsp3) is 0.481. The second-order valence-corrected chi connectivity index (χ2v) is 12.3. The van der Waals surface area contributed by atoms with E-state index in [0.717, 1.165) is 19.0 Å². The van der Waals surface area contributed by atoms with Gasteiger partial charge in [0.1, 0.15) is 0 Å². The van der Waals surface area contributed by atoms with E-state index in [0.29, 0.717) is 35.3 Å². The van der Waals surface area contributed by atoms with E-state index in [-0.39, 0.29) is 17.6 Å². The van der Waals surface area contributed by atoms with Gasteiger partial charge in [0.2, 0.25) is 5.91 Å². The lowest BCUT2D eigenvalue weighted by molar-refractivity contribution is -0.121. The lowest BCUT2D eigenvalue weighted by Gasteiger charge is -2.41. The molecule has 2 aromatic rings. The summed E-state index contributed by atoms with van der Waals surface area (Å²) in [7, 11) is -0.543. The lowest BCUT2D eigenvalue weighted by atomic mass is 9.66. The van der Waals surface area contributed by atoms with Crippen LogP contribution in [0.5, 0.6) is 0 Å². The number of halogens is 2. The average molecular weight is 539 g/mol. The molecular weight excluding hydrogens is 500 g/mol. The Balaban J connectivity index is 2.17. The van der Waals surface area contributed by atoms with Gasteiger partial charge >= 0.3 is 0 Å². The summed E-state index contributed by atoms with van der Waals surface area (Å²) in [5, 5.41) is 5.00. The molecule has 2 aromatic carbocycles. The van der Waals surface area contributed by atoms with Crippen molar-refractivity contribution in [1.29, 1.82) is 0 Å². The van der Waals surface area contributed by atoms with Crippen LogP contribution in [0.3, 0.4) is 0 Å². The normalized spacial score (nSPS) is 14.3. The number of rotatable bonds is 15. The van der Waals surface area contributed by atoms with Crippen LogP contribution in [0.1, 0.15) is 57.1 Å². The van der Waals surface area contributed by atoms with E-state index >= 15 is 0 Å². The van der Waals surface area contributed by atoms with Crippen LogP contribution >= 0.6 is 31.3 Å². The first kappa shape index (κ1) is 29.7. The molecule has 2 unspecified atom stereocenters. The van der Waals surface area contributed by atoms with Crippen LogP contribution in [-0.2, 0) is 15.0 Å². The molecule has 192 valence electrons. The number of carbonyl (C=O) groups is 2. The zero-order valence-electron chi connectivity index (χ0n) is 20.9. The maximum atomic E-state index is 12.3. The highest BCUT2D eigenvalue weighted by molar-refractivity contribution is 7.54. The van der Waals surface area contributed by atoms with E-state index in [1.807, 2.05) is 24.3 Å². The molecule has 1 amide bonds. The number of primary amides is 1. The Morgan fingerprint density at radius 1 is 1.03 bits per heavy atom. The molecule has 0 aliphatic rings. The number of carbonyl (C=O) groups excluding carboxylic acids is 2. The van der Waals surface area contributed by atoms with E-state index in [9.17, 15) is 9.59 Å². The average Bonchev–Trinajstić information content (AvgIpc) is 2.81. The fourth-order valence-electron chi connectivity index (χ4n) is 4.58. The van der Waals surface area contributed by atoms with Crippen molar-refractivity contribution in [2.24, 2.45) is 17.4 Å². The van der Waals surface area contributed by atoms with Crippen LogP contribution in [-0.4, -0.2) is 37.1 Å². The molecule has 0 aliphatic heterocycles. The van der Waals surface area contributed by atoms with E-state index < -0.39 is 20.0 Å². The molecule has 0 aliphatic carbocycles. The third kappa shape index (κ3) is 8.84. The second kappa shape index (κ2) is 14.3. The van der Waals surface area contributed by atoms with Gasteiger partial charge < -0.3 is 11.5 Å². The van der Waals surface area contributed by atoms with E-state index in [1.165, 1.54) is 11.1 Å². The molecule has 35 heavy (non-hydrogen) atoms. The van der Waals surface area contributed by atoms with Crippen molar-refractivity contribution in [2.45, 2.75) is 57.4 Å². The van der Waals surface area contributed by atoms with Crippen LogP contribution in [0, 0.1) is 5.92 Å². The number of ketones is 1. The van der Waals surface area contributed by atoms with Crippen molar-refractivity contribution in [3.63, 3.8) is 0 Å². The molecule has 0 saturated heterocycles. The summed E-state index contributed by atoms with van der Waals surface area (Å²) < 4.78 is 0. The molecule has 5 N–H and O–H groups in total. The Bertz CT molecular complexity index is 943. The molecule has 2 rings (SSSR count). The third-order valence-electron chi connectivity index (χ3n) is 6.66. The molecule has 0 heterocycles. The highest BCUT2D eigenvalue weighted by atomic mass is 35.5. The summed E-state index contributed by atoms with van der Waals surface area (Å²) in [5.74, 6) is -0.149. The van der Waals surface area contributed by atoms with Gasteiger partial charge in [0.15, 0.2) is 5.78 Å². The van der Waals surface area contributed by atoms with Gasteiger partial charge in [0.05, 0.1) is 6.04 Å². The van der Waals surface area contributed by atoms with Gasteiger partial charge in [0, 0.05) is 34.8 Å². The maximum absolute atomic E-state index is 12.3. The van der Waals surface area contributed by atoms with Gasteiger partial charge in [-0.15, -0.1) is 0 Å². The van der Waals surface area contributed by atoms with Crippen molar-refractivity contribution >= 4 is 43.0 Å². The van der Waals surface area contributed by atoms with Crippen molar-refractivity contribution < 1.29 is 9.59 Å². The summed E-state index contributed by atoms with van der Waals surface area (Å²) in [6.45, 7) is 7.27. The van der Waals surface area contributed by atoms with Crippen molar-refractivity contribution in [3.8, 4) is 0 Å². The van der Waals surface area contributed by atoms with Crippen molar-refractivity contribution in [3.05, 3.63) is 69.7 Å². The van der Waals surface area contributed by atoms with E-state index in [4.69, 9.17) is 34.7 Å². The number of benzene rings is 2. The molecule has 5 nitrogen and oxygen atoms in total. The minimum absolute atomic E-state index is 0.0463. The Hall–Kier alpha value is -1.49. The zero-order valence-corrected chi connectivity index (χ0v) is 23.3. The van der Waals surface area contributed by atoms with Gasteiger partial charge in [-0.05, 0) is 75.1 Å². The molecule has 0 aromatic heterocycles. The van der Waals surface area contributed by atoms with Crippen LogP contribution in [0.15, 0.2) is 48.5 Å². The Kier molecular flexibility index (Phi) is 12.2. The molecule has 0 fully saturated rings. The number of hydrogen-bond acceptors (Lipinski definition) is 4. The Morgan fingerprint density at radius 3 is 2.09 bits per heavy atom. The predicted molar refractivity (Wildman–Crippen MR) is 149 cm³/mol. The van der Waals surface area contributed by atoms with E-state index in [1.54, 1.807) is 0 Å². The molecule has 8 heteroatoms. The van der Waals surface area contributed by atoms with Crippen LogP contribution in [0.4, 0.5) is 0 Å². The van der Waals surface area contributed by atoms with Gasteiger partial charge in [0.25, 0.3) is 0 Å². The SMILES string of the molecule is CCCC(CP(C)NCCC(=O)[C@@H](N)CCC(N)=O)C(C)(c1cccc(Cl)c1)c1cccc(Cl)c1. The molecule has 0 radical (unpaired) electrons. The third-order valence-corrected chi connectivity index (χ3v) is 8.89.